The summed E-state index contributed by atoms with van der Waals surface area (Å²) in [6.07, 6.45) is 0. The highest BCUT2D eigenvalue weighted by Gasteiger charge is 2.15. The first-order valence-corrected chi connectivity index (χ1v) is 6.36. The van der Waals surface area contributed by atoms with Gasteiger partial charge in [-0.3, -0.25) is 4.79 Å². The van der Waals surface area contributed by atoms with Crippen LogP contribution in [0.15, 0.2) is 40.9 Å². The number of hydrogen-bond donors (Lipinski definition) is 1. The Morgan fingerprint density at radius 1 is 1.21 bits per heavy atom. The van der Waals surface area contributed by atoms with Crippen LogP contribution in [0.25, 0.3) is 0 Å². The average molecular weight is 347 g/mol. The number of hydrogen-bond acceptors (Lipinski definition) is 1. The summed E-state index contributed by atoms with van der Waals surface area (Å²) in [5.74, 6) is -1.94. The number of anilines is 1. The van der Waals surface area contributed by atoms with Crippen LogP contribution in [0.5, 0.6) is 0 Å². The molecule has 0 radical (unpaired) electrons. The Kier molecular flexibility index (Phi) is 4.17. The van der Waals surface area contributed by atoms with Crippen LogP contribution in [-0.4, -0.2) is 5.91 Å². The highest BCUT2D eigenvalue weighted by molar-refractivity contribution is 9.10. The third-order valence-electron chi connectivity index (χ3n) is 2.37. The van der Waals surface area contributed by atoms with Crippen LogP contribution in [0.4, 0.5) is 14.5 Å². The van der Waals surface area contributed by atoms with Crippen LogP contribution in [0.1, 0.15) is 10.4 Å². The SMILES string of the molecule is O=C(Nc1cc(F)ccc1Cl)c1cccc(Br)c1F. The summed E-state index contributed by atoms with van der Waals surface area (Å²) >= 11 is 8.80. The van der Waals surface area contributed by atoms with Gasteiger partial charge in [-0.2, -0.15) is 0 Å². The van der Waals surface area contributed by atoms with Crippen molar-refractivity contribution in [3.05, 3.63) is 63.1 Å². The Morgan fingerprint density at radius 2 is 1.95 bits per heavy atom. The van der Waals surface area contributed by atoms with Gasteiger partial charge < -0.3 is 5.32 Å². The first-order chi connectivity index (χ1) is 8.99. The fourth-order valence-corrected chi connectivity index (χ4v) is 1.99. The van der Waals surface area contributed by atoms with Crippen LogP contribution in [0, 0.1) is 11.6 Å². The molecule has 2 aromatic carbocycles. The third-order valence-corrected chi connectivity index (χ3v) is 3.31. The molecule has 0 bridgehead atoms. The molecule has 0 spiro atoms. The van der Waals surface area contributed by atoms with E-state index < -0.39 is 17.5 Å². The lowest BCUT2D eigenvalue weighted by Gasteiger charge is -2.08. The normalized spacial score (nSPS) is 10.3. The molecule has 19 heavy (non-hydrogen) atoms. The van der Waals surface area contributed by atoms with Crippen LogP contribution in [-0.2, 0) is 0 Å². The molecule has 0 aliphatic rings. The summed E-state index contributed by atoms with van der Waals surface area (Å²) in [5.41, 5.74) is -0.0688. The molecule has 1 amide bonds. The van der Waals surface area contributed by atoms with Gasteiger partial charge in [0.2, 0.25) is 0 Å². The summed E-state index contributed by atoms with van der Waals surface area (Å²) in [6, 6.07) is 7.86. The van der Waals surface area contributed by atoms with Crippen molar-refractivity contribution in [1.29, 1.82) is 0 Å². The Hall–Kier alpha value is -1.46. The maximum atomic E-state index is 13.7. The number of amides is 1. The van der Waals surface area contributed by atoms with Gasteiger partial charge >= 0.3 is 0 Å². The highest BCUT2D eigenvalue weighted by atomic mass is 79.9. The van der Waals surface area contributed by atoms with Gasteiger partial charge in [-0.05, 0) is 46.3 Å². The van der Waals surface area contributed by atoms with Crippen molar-refractivity contribution in [2.75, 3.05) is 5.32 Å². The summed E-state index contributed by atoms with van der Waals surface area (Å²) in [5, 5.41) is 2.54. The molecule has 2 aromatic rings. The second kappa shape index (κ2) is 5.67. The molecule has 0 heterocycles. The molecule has 0 aliphatic heterocycles. The predicted molar refractivity (Wildman–Crippen MR) is 73.5 cm³/mol. The van der Waals surface area contributed by atoms with Crippen LogP contribution >= 0.6 is 27.5 Å². The van der Waals surface area contributed by atoms with E-state index in [0.29, 0.717) is 0 Å². The van der Waals surface area contributed by atoms with E-state index in [4.69, 9.17) is 11.6 Å². The van der Waals surface area contributed by atoms with Gasteiger partial charge in [0.25, 0.3) is 5.91 Å². The lowest BCUT2D eigenvalue weighted by Crippen LogP contribution is -2.14. The van der Waals surface area contributed by atoms with E-state index in [1.54, 1.807) is 0 Å². The Bertz CT molecular complexity index is 649. The molecule has 98 valence electrons. The number of halogens is 4. The van der Waals surface area contributed by atoms with Crippen molar-refractivity contribution in [1.82, 2.24) is 0 Å². The molecular formula is C13H7BrClF2NO. The molecule has 0 saturated heterocycles. The van der Waals surface area contributed by atoms with Crippen molar-refractivity contribution >= 4 is 39.1 Å². The van der Waals surface area contributed by atoms with Gasteiger partial charge in [0.15, 0.2) is 0 Å². The van der Waals surface area contributed by atoms with Crippen molar-refractivity contribution in [3.8, 4) is 0 Å². The lowest BCUT2D eigenvalue weighted by atomic mass is 10.2. The van der Waals surface area contributed by atoms with E-state index in [0.717, 1.165) is 12.1 Å². The first-order valence-electron chi connectivity index (χ1n) is 5.19. The fourth-order valence-electron chi connectivity index (χ4n) is 1.46. The standard InChI is InChI=1S/C13H7BrClF2NO/c14-9-3-1-2-8(12(9)17)13(19)18-11-6-7(16)4-5-10(11)15/h1-6H,(H,18,19). The first kappa shape index (κ1) is 14.0. The minimum absolute atomic E-state index is 0.0889. The quantitative estimate of drug-likeness (QED) is 0.844. The minimum Gasteiger partial charge on any atom is -0.320 e. The van der Waals surface area contributed by atoms with Gasteiger partial charge in [-0.1, -0.05) is 17.7 Å². The number of carbonyl (C=O) groups is 1. The maximum absolute atomic E-state index is 13.7. The summed E-state index contributed by atoms with van der Waals surface area (Å²) in [6.45, 7) is 0. The van der Waals surface area contributed by atoms with Crippen molar-refractivity contribution in [2.45, 2.75) is 0 Å². The zero-order valence-electron chi connectivity index (χ0n) is 9.38. The molecular weight excluding hydrogens is 340 g/mol. The van der Waals surface area contributed by atoms with Crippen LogP contribution in [0.2, 0.25) is 5.02 Å². The minimum atomic E-state index is -0.702. The molecule has 0 aromatic heterocycles. The average Bonchev–Trinajstić information content (AvgIpc) is 2.37. The number of rotatable bonds is 2. The number of nitrogens with one attached hydrogen (secondary N) is 1. The summed E-state index contributed by atoms with van der Waals surface area (Å²) in [7, 11) is 0. The van der Waals surface area contributed by atoms with Gasteiger partial charge in [0.05, 0.1) is 20.7 Å². The van der Waals surface area contributed by atoms with E-state index in [1.165, 1.54) is 24.3 Å². The lowest BCUT2D eigenvalue weighted by molar-refractivity contribution is 0.102. The largest absolute Gasteiger partial charge is 0.320 e. The molecule has 0 unspecified atom stereocenters. The molecule has 1 N–H and O–H groups in total. The topological polar surface area (TPSA) is 29.1 Å². The maximum Gasteiger partial charge on any atom is 0.258 e. The van der Waals surface area contributed by atoms with Crippen molar-refractivity contribution in [3.63, 3.8) is 0 Å². The molecule has 0 atom stereocenters. The third kappa shape index (κ3) is 3.11. The summed E-state index contributed by atoms with van der Waals surface area (Å²) in [4.78, 5) is 11.9. The van der Waals surface area contributed by atoms with Gasteiger partial charge in [0, 0.05) is 0 Å². The summed E-state index contributed by atoms with van der Waals surface area (Å²) < 4.78 is 26.9. The Morgan fingerprint density at radius 3 is 2.68 bits per heavy atom. The number of carbonyl (C=O) groups excluding carboxylic acids is 1. The Balaban J connectivity index is 2.31. The molecule has 6 heteroatoms. The second-order valence-corrected chi connectivity index (χ2v) is 4.94. The van der Waals surface area contributed by atoms with Gasteiger partial charge in [0.1, 0.15) is 11.6 Å². The zero-order chi connectivity index (χ0) is 14.0. The van der Waals surface area contributed by atoms with Gasteiger partial charge in [-0.25, -0.2) is 8.78 Å². The highest BCUT2D eigenvalue weighted by Crippen LogP contribution is 2.24. The molecule has 0 saturated carbocycles. The fraction of sp³-hybridized carbons (Fsp3) is 0. The monoisotopic (exact) mass is 345 g/mol. The van der Waals surface area contributed by atoms with Crippen molar-refractivity contribution < 1.29 is 13.6 Å². The van der Waals surface area contributed by atoms with E-state index in [9.17, 15) is 13.6 Å². The van der Waals surface area contributed by atoms with Crippen LogP contribution < -0.4 is 5.32 Å². The smallest absolute Gasteiger partial charge is 0.258 e. The predicted octanol–water partition coefficient (Wildman–Crippen LogP) is 4.63. The van der Waals surface area contributed by atoms with E-state index in [-0.39, 0.29) is 20.7 Å². The Labute approximate surface area is 121 Å². The second-order valence-electron chi connectivity index (χ2n) is 3.68. The van der Waals surface area contributed by atoms with Crippen molar-refractivity contribution in [2.24, 2.45) is 0 Å². The molecule has 0 fully saturated rings. The van der Waals surface area contributed by atoms with E-state index >= 15 is 0 Å². The molecule has 2 nitrogen and oxygen atoms in total. The van der Waals surface area contributed by atoms with Gasteiger partial charge in [-0.15, -0.1) is 0 Å². The van der Waals surface area contributed by atoms with E-state index in [2.05, 4.69) is 21.2 Å². The zero-order valence-corrected chi connectivity index (χ0v) is 11.7. The molecule has 0 aliphatic carbocycles. The number of benzene rings is 2. The van der Waals surface area contributed by atoms with Crippen LogP contribution in [0.3, 0.4) is 0 Å². The van der Waals surface area contributed by atoms with E-state index in [1.807, 2.05) is 0 Å². The molecule has 2 rings (SSSR count).